The molecular formula is C15H27NO. The van der Waals surface area contributed by atoms with Gasteiger partial charge in [0.05, 0.1) is 0 Å². The topological polar surface area (TPSA) is 20.3 Å². The largest absolute Gasteiger partial charge is 0.340 e. The van der Waals surface area contributed by atoms with Crippen molar-refractivity contribution in [3.8, 4) is 0 Å². The van der Waals surface area contributed by atoms with Gasteiger partial charge in [-0.25, -0.2) is 0 Å². The lowest BCUT2D eigenvalue weighted by Gasteiger charge is -2.43. The van der Waals surface area contributed by atoms with Crippen LogP contribution in [0.4, 0.5) is 0 Å². The van der Waals surface area contributed by atoms with Crippen LogP contribution in [-0.2, 0) is 4.79 Å². The van der Waals surface area contributed by atoms with Gasteiger partial charge in [-0.05, 0) is 43.9 Å². The number of nitrogens with zero attached hydrogens (tertiary/aromatic N) is 1. The molecule has 1 amide bonds. The first kappa shape index (κ1) is 12.9. The van der Waals surface area contributed by atoms with E-state index in [1.165, 1.54) is 25.7 Å². The molecule has 17 heavy (non-hydrogen) atoms. The molecule has 0 aromatic heterocycles. The number of likely N-dealkylation sites (tertiary alicyclic amines) is 1. The lowest BCUT2D eigenvalue weighted by molar-refractivity contribution is -0.136. The molecule has 0 radical (unpaired) electrons. The highest BCUT2D eigenvalue weighted by atomic mass is 16.2. The second kappa shape index (κ2) is 4.00. The van der Waals surface area contributed by atoms with Gasteiger partial charge in [0.2, 0.25) is 5.91 Å². The first-order chi connectivity index (χ1) is 7.78. The SMILES string of the molecule is CC(C)C1CCC2(CC1)CC(C)(C)C(=O)N2C. The number of rotatable bonds is 1. The van der Waals surface area contributed by atoms with E-state index in [4.69, 9.17) is 0 Å². The molecule has 1 aliphatic carbocycles. The van der Waals surface area contributed by atoms with Crippen molar-refractivity contribution in [2.24, 2.45) is 17.3 Å². The van der Waals surface area contributed by atoms with Crippen LogP contribution in [0.25, 0.3) is 0 Å². The Labute approximate surface area is 106 Å². The fourth-order valence-electron chi connectivity index (χ4n) is 4.04. The summed E-state index contributed by atoms with van der Waals surface area (Å²) in [5.74, 6) is 2.01. The molecule has 2 nitrogen and oxygen atoms in total. The third-order valence-electron chi connectivity index (χ3n) is 5.27. The summed E-state index contributed by atoms with van der Waals surface area (Å²) in [6.07, 6.45) is 6.07. The molecule has 0 aromatic rings. The Balaban J connectivity index is 2.11. The second-order valence-corrected chi connectivity index (χ2v) is 7.23. The minimum Gasteiger partial charge on any atom is -0.340 e. The molecule has 2 heteroatoms. The van der Waals surface area contributed by atoms with Crippen molar-refractivity contribution in [3.05, 3.63) is 0 Å². The maximum Gasteiger partial charge on any atom is 0.228 e. The van der Waals surface area contributed by atoms with Crippen LogP contribution >= 0.6 is 0 Å². The van der Waals surface area contributed by atoms with E-state index < -0.39 is 0 Å². The van der Waals surface area contributed by atoms with Gasteiger partial charge in [-0.2, -0.15) is 0 Å². The van der Waals surface area contributed by atoms with Gasteiger partial charge >= 0.3 is 0 Å². The Morgan fingerprint density at radius 1 is 1.24 bits per heavy atom. The van der Waals surface area contributed by atoms with E-state index in [1.807, 2.05) is 7.05 Å². The van der Waals surface area contributed by atoms with Gasteiger partial charge in [0.1, 0.15) is 0 Å². The van der Waals surface area contributed by atoms with Crippen molar-refractivity contribution in [1.29, 1.82) is 0 Å². The Morgan fingerprint density at radius 3 is 2.12 bits per heavy atom. The van der Waals surface area contributed by atoms with Crippen molar-refractivity contribution in [3.63, 3.8) is 0 Å². The molecule has 1 spiro atoms. The minimum absolute atomic E-state index is 0.139. The Hall–Kier alpha value is -0.530. The van der Waals surface area contributed by atoms with E-state index in [2.05, 4.69) is 32.6 Å². The summed E-state index contributed by atoms with van der Waals surface area (Å²) < 4.78 is 0. The van der Waals surface area contributed by atoms with Crippen molar-refractivity contribution in [2.75, 3.05) is 7.05 Å². The highest BCUT2D eigenvalue weighted by Crippen LogP contribution is 2.50. The number of amides is 1. The van der Waals surface area contributed by atoms with Crippen molar-refractivity contribution < 1.29 is 4.79 Å². The van der Waals surface area contributed by atoms with Crippen LogP contribution in [0.1, 0.15) is 59.8 Å². The third-order valence-corrected chi connectivity index (χ3v) is 5.27. The standard InChI is InChI=1S/C15H27NO/c1-11(2)12-6-8-15(9-7-12)10-14(3,4)13(17)16(15)5/h11-12H,6-10H2,1-5H3. The predicted octanol–water partition coefficient (Wildman–Crippen LogP) is 3.46. The summed E-state index contributed by atoms with van der Waals surface area (Å²) in [6.45, 7) is 8.87. The zero-order valence-corrected chi connectivity index (χ0v) is 12.0. The maximum atomic E-state index is 12.2. The normalized spacial score (nSPS) is 37.2. The van der Waals surface area contributed by atoms with Gasteiger partial charge in [0, 0.05) is 18.0 Å². The van der Waals surface area contributed by atoms with Crippen molar-refractivity contribution >= 4 is 5.91 Å². The van der Waals surface area contributed by atoms with E-state index in [0.29, 0.717) is 5.91 Å². The highest BCUT2D eigenvalue weighted by Gasteiger charge is 2.53. The molecule has 0 unspecified atom stereocenters. The van der Waals surface area contributed by atoms with E-state index in [9.17, 15) is 4.79 Å². The molecule has 98 valence electrons. The average Bonchev–Trinajstić information content (AvgIpc) is 2.41. The van der Waals surface area contributed by atoms with Crippen LogP contribution in [0.2, 0.25) is 0 Å². The quantitative estimate of drug-likeness (QED) is 0.684. The summed E-state index contributed by atoms with van der Waals surface area (Å²) in [7, 11) is 2.02. The van der Waals surface area contributed by atoms with Gasteiger partial charge in [0.15, 0.2) is 0 Å². The smallest absolute Gasteiger partial charge is 0.228 e. The van der Waals surface area contributed by atoms with Gasteiger partial charge in [-0.3, -0.25) is 4.79 Å². The van der Waals surface area contributed by atoms with Crippen LogP contribution in [0.15, 0.2) is 0 Å². The maximum absolute atomic E-state index is 12.2. The molecular weight excluding hydrogens is 210 g/mol. The number of carbonyl (C=O) groups is 1. The average molecular weight is 237 g/mol. The molecule has 1 saturated heterocycles. The molecule has 0 atom stereocenters. The first-order valence-electron chi connectivity index (χ1n) is 7.07. The van der Waals surface area contributed by atoms with Gasteiger partial charge in [0.25, 0.3) is 0 Å². The summed E-state index contributed by atoms with van der Waals surface area (Å²) in [5, 5.41) is 0. The van der Waals surface area contributed by atoms with E-state index in [1.54, 1.807) is 0 Å². The minimum atomic E-state index is -0.139. The zero-order chi connectivity index (χ0) is 12.8. The molecule has 2 fully saturated rings. The summed E-state index contributed by atoms with van der Waals surface area (Å²) in [5.41, 5.74) is 0.0470. The van der Waals surface area contributed by atoms with Crippen molar-refractivity contribution in [2.45, 2.75) is 65.3 Å². The monoisotopic (exact) mass is 237 g/mol. The molecule has 1 aliphatic heterocycles. The zero-order valence-electron chi connectivity index (χ0n) is 12.0. The van der Waals surface area contributed by atoms with Crippen LogP contribution in [0, 0.1) is 17.3 Å². The van der Waals surface area contributed by atoms with Gasteiger partial charge < -0.3 is 4.90 Å². The summed E-state index contributed by atoms with van der Waals surface area (Å²) >= 11 is 0. The molecule has 1 heterocycles. The third kappa shape index (κ3) is 2.00. The fraction of sp³-hybridized carbons (Fsp3) is 0.933. The lowest BCUT2D eigenvalue weighted by Crippen LogP contribution is -2.46. The van der Waals surface area contributed by atoms with Gasteiger partial charge in [-0.1, -0.05) is 27.7 Å². The molecule has 0 aromatic carbocycles. The van der Waals surface area contributed by atoms with E-state index in [-0.39, 0.29) is 11.0 Å². The molecule has 1 saturated carbocycles. The second-order valence-electron chi connectivity index (χ2n) is 7.23. The Morgan fingerprint density at radius 2 is 1.76 bits per heavy atom. The fourth-order valence-corrected chi connectivity index (χ4v) is 4.04. The Kier molecular flexibility index (Phi) is 3.04. The first-order valence-corrected chi connectivity index (χ1v) is 7.07. The molecule has 0 bridgehead atoms. The highest BCUT2D eigenvalue weighted by molar-refractivity contribution is 5.85. The lowest BCUT2D eigenvalue weighted by atomic mass is 9.69. The predicted molar refractivity (Wildman–Crippen MR) is 70.7 cm³/mol. The van der Waals surface area contributed by atoms with Crippen LogP contribution < -0.4 is 0 Å². The summed E-state index contributed by atoms with van der Waals surface area (Å²) in [6, 6.07) is 0. The molecule has 2 aliphatic rings. The molecule has 0 N–H and O–H groups in total. The van der Waals surface area contributed by atoms with E-state index >= 15 is 0 Å². The summed E-state index contributed by atoms with van der Waals surface area (Å²) in [4.78, 5) is 14.3. The van der Waals surface area contributed by atoms with E-state index in [0.717, 1.165) is 18.3 Å². The van der Waals surface area contributed by atoms with Crippen LogP contribution in [0.3, 0.4) is 0 Å². The van der Waals surface area contributed by atoms with Crippen molar-refractivity contribution in [1.82, 2.24) is 4.90 Å². The Bertz CT molecular complexity index is 311. The van der Waals surface area contributed by atoms with Crippen LogP contribution in [0.5, 0.6) is 0 Å². The molecule has 2 rings (SSSR count). The van der Waals surface area contributed by atoms with Crippen LogP contribution in [-0.4, -0.2) is 23.4 Å². The number of hydrogen-bond donors (Lipinski definition) is 0. The number of hydrogen-bond acceptors (Lipinski definition) is 1. The van der Waals surface area contributed by atoms with Gasteiger partial charge in [-0.15, -0.1) is 0 Å². The number of carbonyl (C=O) groups excluding carboxylic acids is 1.